The lowest BCUT2D eigenvalue weighted by Gasteiger charge is -2.17. The van der Waals surface area contributed by atoms with Crippen LogP contribution in [0.3, 0.4) is 0 Å². The molecular formula is C31H36N2O3. The second kappa shape index (κ2) is 14.0. The van der Waals surface area contributed by atoms with Crippen LogP contribution in [0.4, 0.5) is 11.4 Å². The normalized spacial score (nSPS) is 11.0. The Morgan fingerprint density at radius 2 is 1.53 bits per heavy atom. The lowest BCUT2D eigenvalue weighted by molar-refractivity contribution is 0.102. The van der Waals surface area contributed by atoms with E-state index < -0.39 is 0 Å². The Hall–Kier alpha value is -3.70. The molecule has 1 amide bonds. The number of hydrogen-bond donors (Lipinski definition) is 2. The van der Waals surface area contributed by atoms with Gasteiger partial charge in [-0.2, -0.15) is 0 Å². The van der Waals surface area contributed by atoms with Gasteiger partial charge in [-0.05, 0) is 78.6 Å². The van der Waals surface area contributed by atoms with Crippen LogP contribution in [0.5, 0.6) is 0 Å². The fraction of sp³-hybridized carbons (Fsp3) is 0.290. The summed E-state index contributed by atoms with van der Waals surface area (Å²) in [6, 6.07) is 22.5. The van der Waals surface area contributed by atoms with Crippen LogP contribution in [0, 0.1) is 0 Å². The number of aryl methyl sites for hydroxylation is 1. The number of anilines is 2. The van der Waals surface area contributed by atoms with E-state index in [0.29, 0.717) is 23.4 Å². The number of aliphatic hydroxyl groups is 1. The van der Waals surface area contributed by atoms with Crippen molar-refractivity contribution in [3.8, 4) is 0 Å². The molecule has 188 valence electrons. The fourth-order valence-electron chi connectivity index (χ4n) is 3.89. The molecule has 0 unspecified atom stereocenters. The predicted octanol–water partition coefficient (Wildman–Crippen LogP) is 6.39. The van der Waals surface area contributed by atoms with Gasteiger partial charge in [0.2, 0.25) is 0 Å². The molecule has 0 saturated heterocycles. The van der Waals surface area contributed by atoms with Gasteiger partial charge >= 0.3 is 0 Å². The van der Waals surface area contributed by atoms with E-state index >= 15 is 0 Å². The van der Waals surface area contributed by atoms with Gasteiger partial charge in [-0.15, -0.1) is 0 Å². The zero-order valence-electron chi connectivity index (χ0n) is 21.2. The zero-order chi connectivity index (χ0) is 25.8. The molecule has 0 spiro atoms. The van der Waals surface area contributed by atoms with Crippen molar-refractivity contribution in [2.75, 3.05) is 30.4 Å². The maximum Gasteiger partial charge on any atom is 0.255 e. The quantitative estimate of drug-likeness (QED) is 0.168. The van der Waals surface area contributed by atoms with Crippen LogP contribution in [0.2, 0.25) is 0 Å². The SMILES string of the molecule is CCCCCCc1ccc(C(=O)Nc2ccc(C(=O)/C=C/c3ccc(N(C)CCO)cc3)cc2)cc1. The molecule has 0 atom stereocenters. The van der Waals surface area contributed by atoms with Crippen molar-refractivity contribution in [1.29, 1.82) is 0 Å². The van der Waals surface area contributed by atoms with E-state index in [2.05, 4.69) is 12.2 Å². The number of carbonyl (C=O) groups excluding carboxylic acids is 2. The predicted molar refractivity (Wildman–Crippen MR) is 149 cm³/mol. The molecule has 5 nitrogen and oxygen atoms in total. The van der Waals surface area contributed by atoms with Gasteiger partial charge in [0.15, 0.2) is 5.78 Å². The first-order valence-electron chi connectivity index (χ1n) is 12.6. The molecule has 0 aliphatic heterocycles. The number of allylic oxidation sites excluding steroid dienone is 1. The maximum absolute atomic E-state index is 12.6. The number of carbonyl (C=O) groups is 2. The molecule has 3 aromatic rings. The molecule has 0 aliphatic carbocycles. The third-order valence-electron chi connectivity index (χ3n) is 6.16. The standard InChI is InChI=1S/C31H36N2O3/c1-3-4-5-6-7-24-8-13-27(14-9-24)31(36)32-28-17-15-26(16-18-28)30(35)21-12-25-10-19-29(20-11-25)33(2)22-23-34/h8-21,34H,3-7,22-23H2,1-2H3,(H,32,36)/b21-12+. The minimum atomic E-state index is -0.167. The maximum atomic E-state index is 12.6. The molecule has 3 aromatic carbocycles. The highest BCUT2D eigenvalue weighted by atomic mass is 16.3. The summed E-state index contributed by atoms with van der Waals surface area (Å²) in [5.74, 6) is -0.275. The number of amides is 1. The first kappa shape index (κ1) is 26.9. The summed E-state index contributed by atoms with van der Waals surface area (Å²) in [6.07, 6.45) is 9.27. The Labute approximate surface area is 214 Å². The molecule has 0 fully saturated rings. The van der Waals surface area contributed by atoms with Crippen molar-refractivity contribution < 1.29 is 14.7 Å². The number of rotatable bonds is 13. The van der Waals surface area contributed by atoms with Gasteiger partial charge < -0.3 is 15.3 Å². The van der Waals surface area contributed by atoms with Crippen LogP contribution < -0.4 is 10.2 Å². The molecule has 0 bridgehead atoms. The van der Waals surface area contributed by atoms with Crippen LogP contribution in [0.15, 0.2) is 78.9 Å². The number of nitrogens with zero attached hydrogens (tertiary/aromatic N) is 1. The minimum absolute atomic E-state index is 0.0987. The fourth-order valence-corrected chi connectivity index (χ4v) is 3.89. The van der Waals surface area contributed by atoms with Gasteiger partial charge in [0.05, 0.1) is 6.61 Å². The molecule has 0 radical (unpaired) electrons. The van der Waals surface area contributed by atoms with Gasteiger partial charge in [-0.1, -0.05) is 56.5 Å². The average Bonchev–Trinajstić information content (AvgIpc) is 2.91. The van der Waals surface area contributed by atoms with Gasteiger partial charge in [-0.25, -0.2) is 0 Å². The van der Waals surface area contributed by atoms with Gasteiger partial charge in [0.25, 0.3) is 5.91 Å². The molecule has 2 N–H and O–H groups in total. The topological polar surface area (TPSA) is 69.6 Å². The molecule has 0 aromatic heterocycles. The van der Waals surface area contributed by atoms with Crippen molar-refractivity contribution in [2.24, 2.45) is 0 Å². The van der Waals surface area contributed by atoms with Crippen LogP contribution in [-0.4, -0.2) is 37.0 Å². The molecule has 0 heterocycles. The van der Waals surface area contributed by atoms with Crippen LogP contribution in [-0.2, 0) is 6.42 Å². The lowest BCUT2D eigenvalue weighted by atomic mass is 10.0. The Kier molecular flexibility index (Phi) is 10.5. The number of hydrogen-bond acceptors (Lipinski definition) is 4. The molecule has 3 rings (SSSR count). The average molecular weight is 485 g/mol. The largest absolute Gasteiger partial charge is 0.395 e. The number of aliphatic hydroxyl groups excluding tert-OH is 1. The molecule has 5 heteroatoms. The summed E-state index contributed by atoms with van der Waals surface area (Å²) in [5.41, 5.74) is 4.99. The third kappa shape index (κ3) is 8.21. The summed E-state index contributed by atoms with van der Waals surface area (Å²) < 4.78 is 0. The summed E-state index contributed by atoms with van der Waals surface area (Å²) in [6.45, 7) is 2.87. The van der Waals surface area contributed by atoms with Gasteiger partial charge in [-0.3, -0.25) is 9.59 Å². The second-order valence-electron chi connectivity index (χ2n) is 8.97. The first-order valence-corrected chi connectivity index (χ1v) is 12.6. The molecule has 0 aliphatic rings. The van der Waals surface area contributed by atoms with Crippen LogP contribution in [0.1, 0.15) is 64.4 Å². The van der Waals surface area contributed by atoms with Crippen LogP contribution >= 0.6 is 0 Å². The van der Waals surface area contributed by atoms with E-state index in [1.807, 2.05) is 60.5 Å². The third-order valence-corrected chi connectivity index (χ3v) is 6.16. The molecule has 36 heavy (non-hydrogen) atoms. The van der Waals surface area contributed by atoms with E-state index in [0.717, 1.165) is 17.7 Å². The van der Waals surface area contributed by atoms with Crippen molar-refractivity contribution in [3.05, 3.63) is 101 Å². The summed E-state index contributed by atoms with van der Waals surface area (Å²) in [4.78, 5) is 27.1. The number of ketones is 1. The van der Waals surface area contributed by atoms with E-state index in [1.54, 1.807) is 36.4 Å². The Bertz CT molecular complexity index is 1130. The van der Waals surface area contributed by atoms with E-state index in [4.69, 9.17) is 5.11 Å². The monoisotopic (exact) mass is 484 g/mol. The van der Waals surface area contributed by atoms with Gasteiger partial charge in [0.1, 0.15) is 0 Å². The van der Waals surface area contributed by atoms with Gasteiger partial charge in [0, 0.05) is 36.1 Å². The number of benzene rings is 3. The van der Waals surface area contributed by atoms with Crippen molar-refractivity contribution in [1.82, 2.24) is 0 Å². The van der Waals surface area contributed by atoms with Crippen molar-refractivity contribution in [3.63, 3.8) is 0 Å². The summed E-state index contributed by atoms with van der Waals surface area (Å²) >= 11 is 0. The zero-order valence-corrected chi connectivity index (χ0v) is 21.2. The highest BCUT2D eigenvalue weighted by Crippen LogP contribution is 2.16. The van der Waals surface area contributed by atoms with E-state index in [9.17, 15) is 9.59 Å². The number of likely N-dealkylation sites (N-methyl/N-ethyl adjacent to an activating group) is 1. The summed E-state index contributed by atoms with van der Waals surface area (Å²) in [7, 11) is 1.92. The van der Waals surface area contributed by atoms with E-state index in [-0.39, 0.29) is 18.3 Å². The Morgan fingerprint density at radius 3 is 2.17 bits per heavy atom. The Morgan fingerprint density at radius 1 is 0.861 bits per heavy atom. The summed E-state index contributed by atoms with van der Waals surface area (Å²) in [5, 5.41) is 12.0. The highest BCUT2D eigenvalue weighted by molar-refractivity contribution is 6.08. The molecular weight excluding hydrogens is 448 g/mol. The lowest BCUT2D eigenvalue weighted by Crippen LogP contribution is -2.20. The highest BCUT2D eigenvalue weighted by Gasteiger charge is 2.08. The van der Waals surface area contributed by atoms with Crippen molar-refractivity contribution in [2.45, 2.75) is 39.0 Å². The van der Waals surface area contributed by atoms with Crippen LogP contribution in [0.25, 0.3) is 6.08 Å². The number of nitrogens with one attached hydrogen (secondary N) is 1. The van der Waals surface area contributed by atoms with Crippen molar-refractivity contribution >= 4 is 29.1 Å². The van der Waals surface area contributed by atoms with E-state index in [1.165, 1.54) is 31.2 Å². The number of unbranched alkanes of at least 4 members (excludes halogenated alkanes) is 3. The smallest absolute Gasteiger partial charge is 0.255 e. The molecule has 0 saturated carbocycles. The second-order valence-corrected chi connectivity index (χ2v) is 8.97. The Balaban J connectivity index is 1.52. The first-order chi connectivity index (χ1) is 17.5. The minimum Gasteiger partial charge on any atom is -0.395 e.